The lowest BCUT2D eigenvalue weighted by Gasteiger charge is -2.42. The second kappa shape index (κ2) is 16.4. The van der Waals surface area contributed by atoms with Crippen LogP contribution in [0.3, 0.4) is 0 Å². The monoisotopic (exact) mass is 747 g/mol. The van der Waals surface area contributed by atoms with Crippen LogP contribution in [0.5, 0.6) is 6.01 Å². The van der Waals surface area contributed by atoms with Crippen LogP contribution < -0.4 is 14.5 Å². The fourth-order valence-corrected chi connectivity index (χ4v) is 7.44. The summed E-state index contributed by atoms with van der Waals surface area (Å²) in [7, 11) is 0. The van der Waals surface area contributed by atoms with Gasteiger partial charge in [0.05, 0.1) is 50.0 Å². The number of piperazine rings is 1. The van der Waals surface area contributed by atoms with E-state index in [-0.39, 0.29) is 37.8 Å². The summed E-state index contributed by atoms with van der Waals surface area (Å²) in [5.41, 5.74) is 3.30. The van der Waals surface area contributed by atoms with Gasteiger partial charge in [0.1, 0.15) is 30.7 Å². The van der Waals surface area contributed by atoms with E-state index in [2.05, 4.69) is 52.3 Å². The van der Waals surface area contributed by atoms with Crippen molar-refractivity contribution >= 4 is 34.5 Å². The van der Waals surface area contributed by atoms with Crippen molar-refractivity contribution in [2.24, 2.45) is 0 Å². The van der Waals surface area contributed by atoms with Crippen LogP contribution >= 0.6 is 0 Å². The molecule has 0 radical (unpaired) electrons. The number of hydrogen-bond donors (Lipinski definition) is 0. The van der Waals surface area contributed by atoms with Crippen LogP contribution in [-0.2, 0) is 33.8 Å². The van der Waals surface area contributed by atoms with Crippen LogP contribution in [0.1, 0.15) is 50.9 Å². The van der Waals surface area contributed by atoms with Gasteiger partial charge in [-0.2, -0.15) is 15.2 Å². The second-order valence-corrected chi connectivity index (χ2v) is 15.4. The summed E-state index contributed by atoms with van der Waals surface area (Å²) in [5, 5.41) is 12.2. The number of ether oxygens (including phenoxy) is 4. The number of carbonyl (C=O) groups excluding carboxylic acids is 2. The van der Waals surface area contributed by atoms with Crippen LogP contribution in [0, 0.1) is 11.3 Å². The quantitative estimate of drug-likeness (QED) is 0.200. The molecule has 7 rings (SSSR count). The molecule has 0 unspecified atom stereocenters. The van der Waals surface area contributed by atoms with Crippen molar-refractivity contribution < 1.29 is 28.5 Å². The third kappa shape index (κ3) is 8.86. The smallest absolute Gasteiger partial charge is 0.410 e. The summed E-state index contributed by atoms with van der Waals surface area (Å²) in [6, 6.07) is 26.2. The number of hydrogen-bond acceptors (Lipinski definition) is 11. The van der Waals surface area contributed by atoms with Gasteiger partial charge in [0.25, 0.3) is 0 Å². The molecule has 55 heavy (non-hydrogen) atoms. The Kier molecular flexibility index (Phi) is 11.2. The zero-order valence-electron chi connectivity index (χ0n) is 32.0. The molecule has 0 bridgehead atoms. The average Bonchev–Trinajstić information content (AvgIpc) is 3.18. The molecule has 0 N–H and O–H groups in total. The number of anilines is 2. The van der Waals surface area contributed by atoms with Crippen molar-refractivity contribution in [3.05, 3.63) is 89.6 Å². The molecule has 2 saturated heterocycles. The van der Waals surface area contributed by atoms with Crippen LogP contribution in [0.25, 0.3) is 10.8 Å². The molecule has 288 valence electrons. The molecule has 13 nitrogen and oxygen atoms in total. The lowest BCUT2D eigenvalue weighted by Crippen LogP contribution is -2.56. The molecule has 0 spiro atoms. The highest BCUT2D eigenvalue weighted by atomic mass is 16.6. The van der Waals surface area contributed by atoms with Gasteiger partial charge in [-0.1, -0.05) is 66.7 Å². The van der Waals surface area contributed by atoms with Gasteiger partial charge >= 0.3 is 18.2 Å². The Balaban J connectivity index is 1.13. The number of nitriles is 1. The molecule has 1 aromatic heterocycles. The van der Waals surface area contributed by atoms with Crippen molar-refractivity contribution in [3.8, 4) is 12.1 Å². The van der Waals surface area contributed by atoms with E-state index in [4.69, 9.17) is 28.9 Å². The van der Waals surface area contributed by atoms with E-state index in [0.29, 0.717) is 45.8 Å². The average molecular weight is 748 g/mol. The van der Waals surface area contributed by atoms with Crippen molar-refractivity contribution in [3.63, 3.8) is 0 Å². The zero-order valence-corrected chi connectivity index (χ0v) is 32.0. The first-order valence-corrected chi connectivity index (χ1v) is 19.0. The van der Waals surface area contributed by atoms with Gasteiger partial charge in [-0.25, -0.2) is 9.59 Å². The van der Waals surface area contributed by atoms with Gasteiger partial charge in [-0.3, -0.25) is 0 Å². The van der Waals surface area contributed by atoms with Gasteiger partial charge < -0.3 is 38.5 Å². The van der Waals surface area contributed by atoms with E-state index in [0.717, 1.165) is 34.9 Å². The Labute approximate surface area is 322 Å². The highest BCUT2D eigenvalue weighted by molar-refractivity contribution is 5.94. The Morgan fingerprint density at radius 1 is 0.909 bits per heavy atom. The number of rotatable bonds is 8. The summed E-state index contributed by atoms with van der Waals surface area (Å²) >= 11 is 0. The molecule has 3 aliphatic rings. The Morgan fingerprint density at radius 2 is 1.69 bits per heavy atom. The van der Waals surface area contributed by atoms with Gasteiger partial charge in [0, 0.05) is 42.8 Å². The molecule has 2 fully saturated rings. The molecule has 2 amide bonds. The predicted octanol–water partition coefficient (Wildman–Crippen LogP) is 6.34. The number of aromatic nitrogens is 2. The number of amides is 2. The first-order chi connectivity index (χ1) is 26.6. The molecule has 3 aliphatic heterocycles. The Hall–Kier alpha value is -5.61. The SMILES string of the molecule is C[C@H]1CO[C@@H](COc2nc3c(c(N4CCN(C(=O)OCc5ccccc5)[C@@H](CC#N)C4)n2)CCN(c2cccc4ccccc24)C3)CN1C(=O)OC(C)(C)C. The molecule has 3 atom stereocenters. The Morgan fingerprint density at radius 3 is 2.49 bits per heavy atom. The number of benzene rings is 3. The summed E-state index contributed by atoms with van der Waals surface area (Å²) < 4.78 is 23.8. The minimum atomic E-state index is -0.616. The van der Waals surface area contributed by atoms with Crippen molar-refractivity contribution in [1.82, 2.24) is 19.8 Å². The number of nitrogens with zero attached hydrogens (tertiary/aromatic N) is 7. The molecule has 0 saturated carbocycles. The minimum absolute atomic E-state index is 0.134. The fraction of sp³-hybridized carbons (Fsp3) is 0.452. The lowest BCUT2D eigenvalue weighted by molar-refractivity contribution is -0.0782. The van der Waals surface area contributed by atoms with Crippen molar-refractivity contribution in [1.29, 1.82) is 5.26 Å². The molecular weight excluding hydrogens is 699 g/mol. The van der Waals surface area contributed by atoms with Crippen LogP contribution in [0.4, 0.5) is 21.1 Å². The molecule has 3 aromatic carbocycles. The number of morpholine rings is 1. The molecule has 0 aliphatic carbocycles. The van der Waals surface area contributed by atoms with Crippen molar-refractivity contribution in [2.75, 3.05) is 55.7 Å². The number of carbonyl (C=O) groups is 2. The maximum atomic E-state index is 13.3. The summed E-state index contributed by atoms with van der Waals surface area (Å²) in [5.74, 6) is 0.742. The third-order valence-electron chi connectivity index (χ3n) is 10.2. The van der Waals surface area contributed by atoms with E-state index < -0.39 is 23.8 Å². The van der Waals surface area contributed by atoms with Crippen molar-refractivity contribution in [2.45, 2.75) is 77.5 Å². The van der Waals surface area contributed by atoms with Gasteiger partial charge in [0.2, 0.25) is 0 Å². The fourth-order valence-electron chi connectivity index (χ4n) is 7.44. The van der Waals surface area contributed by atoms with Gasteiger partial charge in [-0.05, 0) is 51.1 Å². The van der Waals surface area contributed by atoms with E-state index in [1.54, 1.807) is 9.80 Å². The van der Waals surface area contributed by atoms with Gasteiger partial charge in [-0.15, -0.1) is 0 Å². The molecular formula is C42H49N7O6. The summed E-state index contributed by atoms with van der Waals surface area (Å²) in [4.78, 5) is 44.1. The molecule has 13 heteroatoms. The normalized spacial score (nSPS) is 20.1. The van der Waals surface area contributed by atoms with Crippen LogP contribution in [-0.4, -0.2) is 102 Å². The van der Waals surface area contributed by atoms with Gasteiger partial charge in [0.15, 0.2) is 0 Å². The standard InChI is InChI=1S/C42H49N7O6/c1-29-26-52-33(24-49(29)41(51)55-42(2,3)4)28-53-39-44-36-25-46(37-16-10-14-31-13-8-9-15-34(31)37)20-18-35(36)38(45-39)47-21-22-48(32(23-47)17-19-43)40(50)54-27-30-11-6-5-7-12-30/h5-16,29,32-33H,17-18,20-28H2,1-4H3/t29-,32-,33+/m0/s1. The highest BCUT2D eigenvalue weighted by Gasteiger charge is 2.36. The highest BCUT2D eigenvalue weighted by Crippen LogP contribution is 2.35. The minimum Gasteiger partial charge on any atom is -0.461 e. The van der Waals surface area contributed by atoms with E-state index in [9.17, 15) is 14.9 Å². The summed E-state index contributed by atoms with van der Waals surface area (Å²) in [6.45, 7) is 11.0. The molecule has 4 aromatic rings. The van der Waals surface area contributed by atoms with Crippen LogP contribution in [0.2, 0.25) is 0 Å². The van der Waals surface area contributed by atoms with E-state index in [1.165, 1.54) is 10.8 Å². The first-order valence-electron chi connectivity index (χ1n) is 19.0. The maximum Gasteiger partial charge on any atom is 0.410 e. The zero-order chi connectivity index (χ0) is 38.5. The predicted molar refractivity (Wildman–Crippen MR) is 208 cm³/mol. The number of fused-ring (bicyclic) bond motifs is 2. The second-order valence-electron chi connectivity index (χ2n) is 15.4. The lowest BCUT2D eigenvalue weighted by atomic mass is 10.0. The molecule has 4 heterocycles. The first kappa shape index (κ1) is 37.7. The third-order valence-corrected chi connectivity index (χ3v) is 10.2. The Bertz CT molecular complexity index is 2030. The topological polar surface area (TPSA) is 134 Å². The largest absolute Gasteiger partial charge is 0.461 e. The maximum absolute atomic E-state index is 13.3. The summed E-state index contributed by atoms with van der Waals surface area (Å²) in [6.07, 6.45) is -0.391. The van der Waals surface area contributed by atoms with E-state index in [1.807, 2.05) is 64.1 Å². The van der Waals surface area contributed by atoms with E-state index >= 15 is 0 Å². The van der Waals surface area contributed by atoms with Crippen LogP contribution in [0.15, 0.2) is 72.8 Å².